The average Bonchev–Trinajstić information content (AvgIpc) is 2.56. The molecule has 0 saturated heterocycles. The van der Waals surface area contributed by atoms with Crippen LogP contribution in [0.5, 0.6) is 11.5 Å². The lowest BCUT2D eigenvalue weighted by Crippen LogP contribution is -2.42. The van der Waals surface area contributed by atoms with Crippen molar-refractivity contribution in [2.45, 2.75) is 25.3 Å². The third-order valence-electron chi connectivity index (χ3n) is 3.60. The van der Waals surface area contributed by atoms with E-state index in [2.05, 4.69) is 5.32 Å². The molecule has 0 aliphatic heterocycles. The molecule has 1 unspecified atom stereocenters. The molecule has 2 aromatic carbocycles. The van der Waals surface area contributed by atoms with Crippen molar-refractivity contribution in [1.82, 2.24) is 5.32 Å². The van der Waals surface area contributed by atoms with Gasteiger partial charge in [0.25, 0.3) is 0 Å². The first kappa shape index (κ1) is 17.3. The summed E-state index contributed by atoms with van der Waals surface area (Å²) in [6.45, 7) is 0. The van der Waals surface area contributed by atoms with Gasteiger partial charge >= 0.3 is 5.97 Å². The number of aliphatic carboxylic acids is 1. The van der Waals surface area contributed by atoms with Gasteiger partial charge in [0.15, 0.2) is 11.5 Å². The van der Waals surface area contributed by atoms with E-state index in [0.29, 0.717) is 12.0 Å². The van der Waals surface area contributed by atoms with Gasteiger partial charge in [-0.1, -0.05) is 36.4 Å². The van der Waals surface area contributed by atoms with Crippen LogP contribution in [0.2, 0.25) is 0 Å². The molecule has 0 bridgehead atoms. The summed E-state index contributed by atoms with van der Waals surface area (Å²) in [6.07, 6.45) is 0.627. The van der Waals surface area contributed by atoms with Crippen LogP contribution in [-0.2, 0) is 22.4 Å². The number of benzene rings is 2. The van der Waals surface area contributed by atoms with Crippen LogP contribution in [0.1, 0.15) is 17.5 Å². The number of nitrogens with one attached hydrogen (secondary N) is 1. The fraction of sp³-hybridized carbons (Fsp3) is 0.222. The van der Waals surface area contributed by atoms with Crippen molar-refractivity contribution in [2.75, 3.05) is 0 Å². The summed E-state index contributed by atoms with van der Waals surface area (Å²) in [4.78, 5) is 23.3. The Labute approximate surface area is 139 Å². The molecule has 0 aliphatic carbocycles. The lowest BCUT2D eigenvalue weighted by atomic mass is 10.1. The molecule has 0 radical (unpaired) electrons. The zero-order chi connectivity index (χ0) is 17.5. The Kier molecular flexibility index (Phi) is 5.78. The predicted molar refractivity (Wildman–Crippen MR) is 87.8 cm³/mol. The van der Waals surface area contributed by atoms with Gasteiger partial charge in [0.1, 0.15) is 6.04 Å². The Balaban J connectivity index is 1.90. The fourth-order valence-corrected chi connectivity index (χ4v) is 2.30. The molecule has 4 N–H and O–H groups in total. The molecule has 24 heavy (non-hydrogen) atoms. The van der Waals surface area contributed by atoms with Crippen molar-refractivity contribution in [2.24, 2.45) is 0 Å². The Morgan fingerprint density at radius 3 is 2.29 bits per heavy atom. The Hall–Kier alpha value is -3.02. The molecule has 2 rings (SSSR count). The van der Waals surface area contributed by atoms with E-state index in [0.717, 1.165) is 5.56 Å². The standard InChI is InChI=1S/C18H19NO5/c20-15-8-6-13(11-16(15)21)7-9-17(22)19-14(18(23)24)10-12-4-2-1-3-5-12/h1-6,8,11,14,20-21H,7,9-10H2,(H,19,22)(H,23,24). The van der Waals surface area contributed by atoms with E-state index >= 15 is 0 Å². The van der Waals surface area contributed by atoms with Gasteiger partial charge in [-0.3, -0.25) is 4.79 Å². The Morgan fingerprint density at radius 1 is 0.958 bits per heavy atom. The molecule has 1 amide bonds. The number of rotatable bonds is 7. The van der Waals surface area contributed by atoms with Crippen molar-refractivity contribution in [1.29, 1.82) is 0 Å². The van der Waals surface area contributed by atoms with Crippen LogP contribution in [0.25, 0.3) is 0 Å². The van der Waals surface area contributed by atoms with Crippen LogP contribution in [0, 0.1) is 0 Å². The van der Waals surface area contributed by atoms with Crippen LogP contribution in [0.4, 0.5) is 0 Å². The van der Waals surface area contributed by atoms with Gasteiger partial charge in [-0.25, -0.2) is 4.79 Å². The van der Waals surface area contributed by atoms with E-state index < -0.39 is 12.0 Å². The van der Waals surface area contributed by atoms with E-state index in [9.17, 15) is 24.9 Å². The van der Waals surface area contributed by atoms with Gasteiger partial charge < -0.3 is 20.6 Å². The lowest BCUT2D eigenvalue weighted by molar-refractivity contribution is -0.141. The van der Waals surface area contributed by atoms with Crippen molar-refractivity contribution >= 4 is 11.9 Å². The average molecular weight is 329 g/mol. The number of hydrogen-bond acceptors (Lipinski definition) is 4. The Bertz CT molecular complexity index is 715. The number of carbonyl (C=O) groups is 2. The monoisotopic (exact) mass is 329 g/mol. The number of aromatic hydroxyl groups is 2. The number of aryl methyl sites for hydroxylation is 1. The van der Waals surface area contributed by atoms with Crippen LogP contribution in [0.15, 0.2) is 48.5 Å². The highest BCUT2D eigenvalue weighted by molar-refractivity contribution is 5.83. The highest BCUT2D eigenvalue weighted by Gasteiger charge is 2.20. The van der Waals surface area contributed by atoms with Crippen LogP contribution in [-0.4, -0.2) is 33.2 Å². The Morgan fingerprint density at radius 2 is 1.67 bits per heavy atom. The minimum Gasteiger partial charge on any atom is -0.504 e. The normalized spacial score (nSPS) is 11.7. The molecule has 1 atom stereocenters. The predicted octanol–water partition coefficient (Wildman–Crippen LogP) is 1.84. The van der Waals surface area contributed by atoms with Gasteiger partial charge in [-0.15, -0.1) is 0 Å². The summed E-state index contributed by atoms with van der Waals surface area (Å²) in [6, 6.07) is 12.4. The maximum atomic E-state index is 12.0. The van der Waals surface area contributed by atoms with E-state index in [1.54, 1.807) is 18.2 Å². The number of carboxylic acids is 1. The van der Waals surface area contributed by atoms with Crippen molar-refractivity contribution in [3.05, 3.63) is 59.7 Å². The molecule has 0 spiro atoms. The molecule has 0 fully saturated rings. The second-order valence-corrected chi connectivity index (χ2v) is 5.47. The number of carboxylic acid groups (broad SMARTS) is 1. The molecular formula is C18H19NO5. The molecule has 6 heteroatoms. The van der Waals surface area contributed by atoms with Gasteiger partial charge in [0.05, 0.1) is 0 Å². The van der Waals surface area contributed by atoms with Crippen LogP contribution < -0.4 is 5.32 Å². The first-order valence-electron chi connectivity index (χ1n) is 7.52. The summed E-state index contributed by atoms with van der Waals surface area (Å²) in [7, 11) is 0. The number of phenolic OH excluding ortho intramolecular Hbond substituents is 2. The van der Waals surface area contributed by atoms with Crippen molar-refractivity contribution in [3.8, 4) is 11.5 Å². The third kappa shape index (κ3) is 5.01. The van der Waals surface area contributed by atoms with E-state index in [1.165, 1.54) is 12.1 Å². The molecular weight excluding hydrogens is 310 g/mol. The zero-order valence-electron chi connectivity index (χ0n) is 13.0. The molecule has 0 aromatic heterocycles. The summed E-state index contributed by atoms with van der Waals surface area (Å²) >= 11 is 0. The SMILES string of the molecule is O=C(CCc1ccc(O)c(O)c1)NC(Cc1ccccc1)C(=O)O. The second-order valence-electron chi connectivity index (χ2n) is 5.47. The van der Waals surface area contributed by atoms with E-state index in [-0.39, 0.29) is 30.2 Å². The van der Waals surface area contributed by atoms with Crippen LogP contribution in [0.3, 0.4) is 0 Å². The smallest absolute Gasteiger partial charge is 0.326 e. The molecule has 0 heterocycles. The molecule has 6 nitrogen and oxygen atoms in total. The number of phenols is 2. The zero-order valence-corrected chi connectivity index (χ0v) is 13.0. The van der Waals surface area contributed by atoms with Gasteiger partial charge in [-0.05, 0) is 29.7 Å². The number of amides is 1. The summed E-state index contributed by atoms with van der Waals surface area (Å²) in [5.74, 6) is -1.95. The highest BCUT2D eigenvalue weighted by Crippen LogP contribution is 2.25. The highest BCUT2D eigenvalue weighted by atomic mass is 16.4. The van der Waals surface area contributed by atoms with Crippen molar-refractivity contribution in [3.63, 3.8) is 0 Å². The lowest BCUT2D eigenvalue weighted by Gasteiger charge is -2.14. The van der Waals surface area contributed by atoms with E-state index in [1.807, 2.05) is 18.2 Å². The molecule has 2 aromatic rings. The van der Waals surface area contributed by atoms with Crippen molar-refractivity contribution < 1.29 is 24.9 Å². The first-order chi connectivity index (χ1) is 11.5. The maximum absolute atomic E-state index is 12.0. The minimum atomic E-state index is -1.09. The minimum absolute atomic E-state index is 0.0861. The topological polar surface area (TPSA) is 107 Å². The summed E-state index contributed by atoms with van der Waals surface area (Å²) in [5.41, 5.74) is 1.50. The first-order valence-corrected chi connectivity index (χ1v) is 7.52. The van der Waals surface area contributed by atoms with Gasteiger partial charge in [0, 0.05) is 12.8 Å². The molecule has 0 saturated carbocycles. The second kappa shape index (κ2) is 8.01. The van der Waals surface area contributed by atoms with Gasteiger partial charge in [-0.2, -0.15) is 0 Å². The maximum Gasteiger partial charge on any atom is 0.326 e. The third-order valence-corrected chi connectivity index (χ3v) is 3.60. The summed E-state index contributed by atoms with van der Waals surface area (Å²) in [5, 5.41) is 30.4. The fourth-order valence-electron chi connectivity index (χ4n) is 2.30. The van der Waals surface area contributed by atoms with Crippen LogP contribution >= 0.6 is 0 Å². The number of carbonyl (C=O) groups excluding carboxylic acids is 1. The quantitative estimate of drug-likeness (QED) is 0.580. The summed E-state index contributed by atoms with van der Waals surface area (Å²) < 4.78 is 0. The van der Waals surface area contributed by atoms with E-state index in [4.69, 9.17) is 0 Å². The number of hydrogen-bond donors (Lipinski definition) is 4. The van der Waals surface area contributed by atoms with Gasteiger partial charge in [0.2, 0.25) is 5.91 Å². The largest absolute Gasteiger partial charge is 0.504 e. The molecule has 126 valence electrons. The molecule has 0 aliphatic rings.